The van der Waals surface area contributed by atoms with Crippen molar-refractivity contribution in [3.8, 4) is 0 Å². The van der Waals surface area contributed by atoms with Crippen LogP contribution in [0.25, 0.3) is 0 Å². The van der Waals surface area contributed by atoms with Crippen molar-refractivity contribution in [1.82, 2.24) is 20.4 Å². The summed E-state index contributed by atoms with van der Waals surface area (Å²) in [5.74, 6) is 1.56. The lowest BCUT2D eigenvalue weighted by Crippen LogP contribution is -2.46. The normalized spacial score (nSPS) is 24.8. The summed E-state index contributed by atoms with van der Waals surface area (Å²) in [5, 5.41) is 6.92. The van der Waals surface area contributed by atoms with Crippen LogP contribution in [0.1, 0.15) is 58.8 Å². The van der Waals surface area contributed by atoms with E-state index in [4.69, 9.17) is 4.99 Å². The van der Waals surface area contributed by atoms with Gasteiger partial charge < -0.3 is 15.5 Å². The molecule has 0 spiro atoms. The van der Waals surface area contributed by atoms with Crippen molar-refractivity contribution in [2.24, 2.45) is 10.9 Å². The molecule has 2 atom stereocenters. The number of likely N-dealkylation sites (tertiary alicyclic amines) is 1. The number of nitrogens with zero attached hydrogens (tertiary/aromatic N) is 3. The molecule has 0 aromatic carbocycles. The maximum atomic E-state index is 12.6. The molecule has 3 rings (SSSR count). The molecule has 1 heterocycles. The van der Waals surface area contributed by atoms with Crippen LogP contribution >= 0.6 is 24.0 Å². The summed E-state index contributed by atoms with van der Waals surface area (Å²) < 4.78 is 0. The van der Waals surface area contributed by atoms with Gasteiger partial charge in [0.1, 0.15) is 0 Å². The van der Waals surface area contributed by atoms with Crippen LogP contribution in [0, 0.1) is 5.92 Å². The number of amides is 1. The van der Waals surface area contributed by atoms with E-state index in [9.17, 15) is 4.79 Å². The fourth-order valence-electron chi connectivity index (χ4n) is 4.22. The Bertz CT molecular complexity index is 505. The Hall–Kier alpha value is -0.570. The number of rotatable bonds is 7. The van der Waals surface area contributed by atoms with E-state index >= 15 is 0 Å². The number of guanidine groups is 1. The number of likely N-dealkylation sites (N-methyl/N-ethyl adjacent to an activating group) is 1. The first-order valence-corrected chi connectivity index (χ1v) is 10.6. The maximum Gasteiger partial charge on any atom is 0.225 e. The predicted octanol–water partition coefficient (Wildman–Crippen LogP) is 2.43. The summed E-state index contributed by atoms with van der Waals surface area (Å²) in [6, 6.07) is 1.54. The van der Waals surface area contributed by atoms with Gasteiger partial charge in [-0.3, -0.25) is 14.7 Å². The number of hydrogen-bond donors (Lipinski definition) is 2. The summed E-state index contributed by atoms with van der Waals surface area (Å²) in [4.78, 5) is 21.9. The van der Waals surface area contributed by atoms with E-state index in [0.717, 1.165) is 57.4 Å². The molecule has 27 heavy (non-hydrogen) atoms. The first kappa shape index (κ1) is 22.7. The topological polar surface area (TPSA) is 60.0 Å². The maximum absolute atomic E-state index is 12.6. The van der Waals surface area contributed by atoms with Crippen molar-refractivity contribution in [2.45, 2.75) is 76.9 Å². The minimum Gasteiger partial charge on any atom is -0.357 e. The largest absolute Gasteiger partial charge is 0.357 e. The molecular formula is C20H38IN5O. The van der Waals surface area contributed by atoms with Gasteiger partial charge in [0.25, 0.3) is 0 Å². The molecule has 1 amide bonds. The second-order valence-electron chi connectivity index (χ2n) is 8.36. The van der Waals surface area contributed by atoms with E-state index in [1.54, 1.807) is 0 Å². The van der Waals surface area contributed by atoms with E-state index < -0.39 is 0 Å². The van der Waals surface area contributed by atoms with Crippen molar-refractivity contribution in [1.29, 1.82) is 0 Å². The number of nitrogens with one attached hydrogen (secondary N) is 2. The number of carbonyl (C=O) groups excluding carboxylic acids is 1. The lowest BCUT2D eigenvalue weighted by Gasteiger charge is -2.24. The average molecular weight is 491 g/mol. The third-order valence-corrected chi connectivity index (χ3v) is 6.22. The van der Waals surface area contributed by atoms with Gasteiger partial charge in [-0.2, -0.15) is 0 Å². The van der Waals surface area contributed by atoms with Crippen LogP contribution in [0.4, 0.5) is 0 Å². The van der Waals surface area contributed by atoms with Crippen molar-refractivity contribution in [3.05, 3.63) is 0 Å². The van der Waals surface area contributed by atoms with Gasteiger partial charge in [0, 0.05) is 43.7 Å². The molecule has 3 fully saturated rings. The van der Waals surface area contributed by atoms with Crippen molar-refractivity contribution >= 4 is 35.8 Å². The number of hydrogen-bond acceptors (Lipinski definition) is 3. The van der Waals surface area contributed by atoms with Gasteiger partial charge in [-0.25, -0.2) is 0 Å². The summed E-state index contributed by atoms with van der Waals surface area (Å²) in [5.41, 5.74) is 0. The Kier molecular flexibility index (Phi) is 9.11. The molecule has 1 saturated heterocycles. The summed E-state index contributed by atoms with van der Waals surface area (Å²) in [7, 11) is 2.21. The van der Waals surface area contributed by atoms with Gasteiger partial charge in [-0.05, 0) is 53.0 Å². The molecule has 3 aliphatic rings. The number of halogens is 1. The smallest absolute Gasteiger partial charge is 0.225 e. The zero-order valence-electron chi connectivity index (χ0n) is 17.2. The van der Waals surface area contributed by atoms with Crippen LogP contribution in [-0.2, 0) is 4.79 Å². The summed E-state index contributed by atoms with van der Waals surface area (Å²) in [6.07, 6.45) is 8.28. The summed E-state index contributed by atoms with van der Waals surface area (Å²) in [6.45, 7) is 7.71. The Morgan fingerprint density at radius 3 is 2.56 bits per heavy atom. The van der Waals surface area contributed by atoms with Crippen molar-refractivity contribution in [3.63, 3.8) is 0 Å². The average Bonchev–Trinajstić information content (AvgIpc) is 3.14. The minimum absolute atomic E-state index is 0. The van der Waals surface area contributed by atoms with Crippen LogP contribution in [-0.4, -0.2) is 73.0 Å². The monoisotopic (exact) mass is 491 g/mol. The molecule has 156 valence electrons. The molecular weight excluding hydrogens is 453 g/mol. The Balaban J connectivity index is 0.00000261. The quantitative estimate of drug-likeness (QED) is 0.327. The van der Waals surface area contributed by atoms with Gasteiger partial charge in [-0.15, -0.1) is 24.0 Å². The zero-order chi connectivity index (χ0) is 18.5. The Labute approximate surface area is 181 Å². The number of aliphatic imine (C=N–C) groups is 1. The zero-order valence-corrected chi connectivity index (χ0v) is 19.6. The van der Waals surface area contributed by atoms with E-state index in [2.05, 4.69) is 41.3 Å². The molecule has 2 N–H and O–H groups in total. The van der Waals surface area contributed by atoms with Crippen LogP contribution in [0.2, 0.25) is 0 Å². The fraction of sp³-hybridized carbons (Fsp3) is 0.900. The van der Waals surface area contributed by atoms with Gasteiger partial charge >= 0.3 is 0 Å². The molecule has 7 heteroatoms. The number of carbonyl (C=O) groups is 1. The third kappa shape index (κ3) is 6.48. The molecule has 0 aromatic rings. The van der Waals surface area contributed by atoms with Crippen molar-refractivity contribution < 1.29 is 4.79 Å². The van der Waals surface area contributed by atoms with Crippen LogP contribution in [0.3, 0.4) is 0 Å². The minimum atomic E-state index is 0. The van der Waals surface area contributed by atoms with Gasteiger partial charge in [0.2, 0.25) is 5.91 Å². The summed E-state index contributed by atoms with van der Waals surface area (Å²) >= 11 is 0. The first-order chi connectivity index (χ1) is 12.6. The first-order valence-electron chi connectivity index (χ1n) is 10.6. The Morgan fingerprint density at radius 2 is 1.93 bits per heavy atom. The highest BCUT2D eigenvalue weighted by molar-refractivity contribution is 14.0. The molecule has 2 unspecified atom stereocenters. The molecule has 0 aromatic heterocycles. The predicted molar refractivity (Wildman–Crippen MR) is 122 cm³/mol. The highest BCUT2D eigenvalue weighted by Crippen LogP contribution is 2.28. The van der Waals surface area contributed by atoms with E-state index in [1.165, 1.54) is 25.7 Å². The van der Waals surface area contributed by atoms with E-state index in [0.29, 0.717) is 18.0 Å². The molecule has 0 radical (unpaired) electrons. The second kappa shape index (κ2) is 10.8. The standard InChI is InChI=1S/C20H37N5O.HI/c1-4-21-20(22-13-15(2)24(3)18-9-10-18)23-17-11-12-25(14-17)19(26)16-7-5-6-8-16;/h15-18H,4-14H2,1-3H3,(H2,21,22,23);1H. The van der Waals surface area contributed by atoms with Crippen molar-refractivity contribution in [2.75, 3.05) is 33.2 Å². The molecule has 2 aliphatic carbocycles. The van der Waals surface area contributed by atoms with Crippen LogP contribution < -0.4 is 10.6 Å². The third-order valence-electron chi connectivity index (χ3n) is 6.22. The molecule has 2 saturated carbocycles. The van der Waals surface area contributed by atoms with Crippen LogP contribution in [0.15, 0.2) is 4.99 Å². The molecule has 6 nitrogen and oxygen atoms in total. The molecule has 0 bridgehead atoms. The Morgan fingerprint density at radius 1 is 1.22 bits per heavy atom. The lowest BCUT2D eigenvalue weighted by molar-refractivity contribution is -0.134. The van der Waals surface area contributed by atoms with Gasteiger partial charge in [-0.1, -0.05) is 12.8 Å². The highest BCUT2D eigenvalue weighted by atomic mass is 127. The van der Waals surface area contributed by atoms with Gasteiger partial charge in [0.15, 0.2) is 5.96 Å². The SMILES string of the molecule is CCNC(=NCC(C)N(C)C1CC1)NC1CCN(C(=O)C2CCCC2)C1.I. The lowest BCUT2D eigenvalue weighted by atomic mass is 10.1. The van der Waals surface area contributed by atoms with Gasteiger partial charge in [0.05, 0.1) is 6.54 Å². The molecule has 1 aliphatic heterocycles. The second-order valence-corrected chi connectivity index (χ2v) is 8.36. The fourth-order valence-corrected chi connectivity index (χ4v) is 4.22. The van der Waals surface area contributed by atoms with E-state index in [-0.39, 0.29) is 29.9 Å². The highest BCUT2D eigenvalue weighted by Gasteiger charge is 2.32. The van der Waals surface area contributed by atoms with Crippen LogP contribution in [0.5, 0.6) is 0 Å². The van der Waals surface area contributed by atoms with E-state index in [1.807, 2.05) is 0 Å².